The topological polar surface area (TPSA) is 38.7 Å². The van der Waals surface area contributed by atoms with Crippen LogP contribution in [0.15, 0.2) is 40.9 Å². The van der Waals surface area contributed by atoms with Gasteiger partial charge in [0.05, 0.1) is 18.7 Å². The second-order valence-electron chi connectivity index (χ2n) is 4.18. The van der Waals surface area contributed by atoms with Crippen LogP contribution in [0.4, 0.5) is 0 Å². The Balaban J connectivity index is 2.43. The quantitative estimate of drug-likeness (QED) is 0.891. The van der Waals surface area contributed by atoms with Crippen LogP contribution in [0, 0.1) is 0 Å². The summed E-state index contributed by atoms with van der Waals surface area (Å²) in [5.41, 5.74) is 1.34. The van der Waals surface area contributed by atoms with Gasteiger partial charge >= 0.3 is 0 Å². The van der Waals surface area contributed by atoms with Gasteiger partial charge in [0, 0.05) is 10.6 Å². The average molecular weight is 358 g/mol. The molecule has 5 heteroatoms. The molecule has 0 spiro atoms. The van der Waals surface area contributed by atoms with Crippen molar-refractivity contribution in [3.05, 3.63) is 57.0 Å². The second-order valence-corrected chi connectivity index (χ2v) is 5.47. The molecule has 0 fully saturated rings. The first-order chi connectivity index (χ1) is 9.56. The zero-order valence-electron chi connectivity index (χ0n) is 11.1. The first kappa shape index (κ1) is 15.2. The van der Waals surface area contributed by atoms with Gasteiger partial charge in [-0.2, -0.15) is 0 Å². The van der Waals surface area contributed by atoms with Crippen LogP contribution in [-0.4, -0.2) is 19.3 Å². The number of methoxy groups -OCH3 is 2. The average Bonchev–Trinajstić information content (AvgIpc) is 2.46. The summed E-state index contributed by atoms with van der Waals surface area (Å²) in [5.74, 6) is 1.30. The molecule has 1 atom stereocenters. The summed E-state index contributed by atoms with van der Waals surface area (Å²) >= 11 is 9.39. The van der Waals surface area contributed by atoms with Crippen LogP contribution in [0.3, 0.4) is 0 Å². The Labute approximate surface area is 131 Å². The molecule has 2 aromatic carbocycles. The van der Waals surface area contributed by atoms with Crippen molar-refractivity contribution in [2.45, 2.75) is 6.10 Å². The maximum atomic E-state index is 10.5. The Morgan fingerprint density at radius 1 is 1.05 bits per heavy atom. The molecule has 0 bridgehead atoms. The van der Waals surface area contributed by atoms with Crippen molar-refractivity contribution in [3.8, 4) is 11.5 Å². The lowest BCUT2D eigenvalue weighted by molar-refractivity contribution is 0.214. The van der Waals surface area contributed by atoms with Gasteiger partial charge in [0.25, 0.3) is 0 Å². The summed E-state index contributed by atoms with van der Waals surface area (Å²) in [6.45, 7) is 0. The number of hydrogen-bond acceptors (Lipinski definition) is 3. The summed E-state index contributed by atoms with van der Waals surface area (Å²) in [6.07, 6.45) is -0.828. The molecular formula is C15H14BrClO3. The lowest BCUT2D eigenvalue weighted by Gasteiger charge is -2.16. The fourth-order valence-corrected chi connectivity index (χ4v) is 2.69. The minimum absolute atomic E-state index is 0.549. The van der Waals surface area contributed by atoms with E-state index in [1.165, 1.54) is 0 Å². The molecular weight excluding hydrogens is 344 g/mol. The largest absolute Gasteiger partial charge is 0.496 e. The Hall–Kier alpha value is -1.23. The van der Waals surface area contributed by atoms with E-state index in [1.807, 2.05) is 6.07 Å². The van der Waals surface area contributed by atoms with Gasteiger partial charge in [-0.3, -0.25) is 0 Å². The number of benzene rings is 2. The first-order valence-electron chi connectivity index (χ1n) is 5.91. The number of hydrogen-bond donors (Lipinski definition) is 1. The van der Waals surface area contributed by atoms with Crippen molar-refractivity contribution in [3.63, 3.8) is 0 Å². The van der Waals surface area contributed by atoms with Crippen molar-refractivity contribution >= 4 is 27.5 Å². The highest BCUT2D eigenvalue weighted by molar-refractivity contribution is 9.10. The number of aliphatic hydroxyl groups is 1. The molecule has 0 heterocycles. The highest BCUT2D eigenvalue weighted by atomic mass is 79.9. The van der Waals surface area contributed by atoms with Gasteiger partial charge < -0.3 is 14.6 Å². The van der Waals surface area contributed by atoms with Crippen molar-refractivity contribution in [2.24, 2.45) is 0 Å². The van der Waals surface area contributed by atoms with E-state index in [9.17, 15) is 5.11 Å². The second kappa shape index (κ2) is 6.48. The zero-order valence-corrected chi connectivity index (χ0v) is 13.4. The molecule has 0 aliphatic heterocycles. The summed E-state index contributed by atoms with van der Waals surface area (Å²) < 4.78 is 11.2. The first-order valence-corrected chi connectivity index (χ1v) is 7.09. The Morgan fingerprint density at radius 3 is 2.30 bits per heavy atom. The van der Waals surface area contributed by atoms with Gasteiger partial charge in [-0.05, 0) is 51.8 Å². The number of aliphatic hydroxyl groups excluding tert-OH is 1. The molecule has 1 unspecified atom stereocenters. The maximum absolute atomic E-state index is 10.5. The van der Waals surface area contributed by atoms with Gasteiger partial charge in [0.15, 0.2) is 0 Å². The summed E-state index contributed by atoms with van der Waals surface area (Å²) in [5, 5.41) is 11.1. The van der Waals surface area contributed by atoms with Crippen molar-refractivity contribution in [2.75, 3.05) is 14.2 Å². The molecule has 0 amide bonds. The van der Waals surface area contributed by atoms with Crippen LogP contribution < -0.4 is 9.47 Å². The van der Waals surface area contributed by atoms with E-state index in [0.717, 1.165) is 10.0 Å². The minimum Gasteiger partial charge on any atom is -0.496 e. The van der Waals surface area contributed by atoms with Crippen LogP contribution in [0.2, 0.25) is 5.02 Å². The molecule has 106 valence electrons. The predicted molar refractivity (Wildman–Crippen MR) is 82.8 cm³/mol. The number of ether oxygens (including phenoxy) is 2. The Morgan fingerprint density at radius 2 is 1.70 bits per heavy atom. The van der Waals surface area contributed by atoms with Crippen LogP contribution in [0.1, 0.15) is 17.2 Å². The molecule has 3 nitrogen and oxygen atoms in total. The minimum atomic E-state index is -0.828. The van der Waals surface area contributed by atoms with Crippen LogP contribution in [0.5, 0.6) is 11.5 Å². The van der Waals surface area contributed by atoms with Crippen molar-refractivity contribution in [1.82, 2.24) is 0 Å². The van der Waals surface area contributed by atoms with Gasteiger partial charge in [-0.15, -0.1) is 0 Å². The fourth-order valence-electron chi connectivity index (χ4n) is 1.95. The van der Waals surface area contributed by atoms with Crippen LogP contribution in [0.25, 0.3) is 0 Å². The van der Waals surface area contributed by atoms with E-state index in [-0.39, 0.29) is 0 Å². The lowest BCUT2D eigenvalue weighted by Crippen LogP contribution is -2.03. The molecule has 0 aliphatic rings. The molecule has 2 rings (SSSR count). The lowest BCUT2D eigenvalue weighted by atomic mass is 10.0. The predicted octanol–water partition coefficient (Wildman–Crippen LogP) is 4.20. The molecule has 1 N–H and O–H groups in total. The van der Waals surface area contributed by atoms with Crippen LogP contribution in [-0.2, 0) is 0 Å². The maximum Gasteiger partial charge on any atom is 0.133 e. The molecule has 20 heavy (non-hydrogen) atoms. The zero-order chi connectivity index (χ0) is 14.7. The highest BCUT2D eigenvalue weighted by Crippen LogP contribution is 2.35. The molecule has 2 aromatic rings. The summed E-state index contributed by atoms with van der Waals surface area (Å²) in [6, 6.07) is 10.6. The summed E-state index contributed by atoms with van der Waals surface area (Å²) in [4.78, 5) is 0. The smallest absolute Gasteiger partial charge is 0.133 e. The van der Waals surface area contributed by atoms with Gasteiger partial charge in [0.2, 0.25) is 0 Å². The normalized spacial score (nSPS) is 12.1. The SMILES string of the molecule is COc1ccc(C(O)c2cc(Cl)ccc2OC)cc1Br. The van der Waals surface area contributed by atoms with E-state index in [2.05, 4.69) is 15.9 Å². The molecule has 0 aliphatic carbocycles. The molecule has 0 saturated heterocycles. The van der Waals surface area contributed by atoms with Gasteiger partial charge in [-0.1, -0.05) is 17.7 Å². The number of rotatable bonds is 4. The van der Waals surface area contributed by atoms with E-state index in [1.54, 1.807) is 44.6 Å². The molecule has 0 aromatic heterocycles. The fraction of sp³-hybridized carbons (Fsp3) is 0.200. The van der Waals surface area contributed by atoms with Crippen molar-refractivity contribution in [1.29, 1.82) is 0 Å². The summed E-state index contributed by atoms with van der Waals surface area (Å²) in [7, 11) is 3.15. The number of halogens is 2. The van der Waals surface area contributed by atoms with E-state index >= 15 is 0 Å². The Bertz CT molecular complexity index is 616. The molecule has 0 radical (unpaired) electrons. The third kappa shape index (κ3) is 3.08. The Kier molecular flexibility index (Phi) is 4.91. The van der Waals surface area contributed by atoms with Gasteiger partial charge in [-0.25, -0.2) is 0 Å². The van der Waals surface area contributed by atoms with Crippen LogP contribution >= 0.6 is 27.5 Å². The third-order valence-electron chi connectivity index (χ3n) is 2.98. The van der Waals surface area contributed by atoms with E-state index in [0.29, 0.717) is 22.1 Å². The van der Waals surface area contributed by atoms with E-state index < -0.39 is 6.10 Å². The monoisotopic (exact) mass is 356 g/mol. The van der Waals surface area contributed by atoms with Crippen molar-refractivity contribution < 1.29 is 14.6 Å². The van der Waals surface area contributed by atoms with Gasteiger partial charge in [0.1, 0.15) is 17.6 Å². The highest BCUT2D eigenvalue weighted by Gasteiger charge is 2.17. The molecule has 0 saturated carbocycles. The standard InChI is InChI=1S/C15H14BrClO3/c1-19-13-6-4-10(17)8-11(13)15(18)9-3-5-14(20-2)12(16)7-9/h3-8,15,18H,1-2H3. The van der Waals surface area contributed by atoms with E-state index in [4.69, 9.17) is 21.1 Å². The third-order valence-corrected chi connectivity index (χ3v) is 3.83.